The zero-order valence-corrected chi connectivity index (χ0v) is 19.8. The molecule has 0 spiro atoms. The average molecular weight is 456 g/mol. The molecule has 2 aromatic heterocycles. The third-order valence-corrected chi connectivity index (χ3v) is 6.72. The van der Waals surface area contributed by atoms with E-state index in [1.165, 1.54) is 19.3 Å². The lowest BCUT2D eigenvalue weighted by Gasteiger charge is -2.32. The smallest absolute Gasteiger partial charge is 0.196 e. The molecule has 5 rings (SSSR count). The topological polar surface area (TPSA) is 81.9 Å². The molecule has 174 valence electrons. The van der Waals surface area contributed by atoms with Crippen LogP contribution in [0.1, 0.15) is 47.9 Å². The first kappa shape index (κ1) is 22.1. The van der Waals surface area contributed by atoms with Crippen LogP contribution in [0.15, 0.2) is 48.5 Å². The van der Waals surface area contributed by atoms with E-state index in [9.17, 15) is 4.79 Å². The number of fused-ring (bicyclic) bond motifs is 1. The van der Waals surface area contributed by atoms with Crippen LogP contribution in [0.2, 0.25) is 0 Å². The fourth-order valence-corrected chi connectivity index (χ4v) is 4.55. The number of nitrogens with one attached hydrogen (secondary N) is 1. The van der Waals surface area contributed by atoms with Crippen molar-refractivity contribution in [2.24, 2.45) is 5.92 Å². The number of hydrogen-bond donors (Lipinski definition) is 1. The van der Waals surface area contributed by atoms with E-state index in [1.807, 2.05) is 18.2 Å². The monoisotopic (exact) mass is 455 g/mol. The Kier molecular flexibility index (Phi) is 6.01. The zero-order valence-electron chi connectivity index (χ0n) is 19.8. The van der Waals surface area contributed by atoms with E-state index in [0.717, 1.165) is 33.8 Å². The Bertz CT molecular complexity index is 1330. The van der Waals surface area contributed by atoms with Crippen molar-refractivity contribution in [3.05, 3.63) is 65.5 Å². The predicted molar refractivity (Wildman–Crippen MR) is 133 cm³/mol. The Hall–Kier alpha value is -3.74. The molecule has 0 bridgehead atoms. The van der Waals surface area contributed by atoms with Crippen LogP contribution in [0.25, 0.3) is 22.6 Å². The van der Waals surface area contributed by atoms with E-state index >= 15 is 0 Å². The van der Waals surface area contributed by atoms with Gasteiger partial charge >= 0.3 is 0 Å². The number of aldehydes is 1. The molecule has 1 saturated carbocycles. The van der Waals surface area contributed by atoms with E-state index < -0.39 is 0 Å². The molecule has 2 heterocycles. The van der Waals surface area contributed by atoms with Gasteiger partial charge < -0.3 is 14.6 Å². The molecule has 0 unspecified atom stereocenters. The summed E-state index contributed by atoms with van der Waals surface area (Å²) in [5.41, 5.74) is 4.58. The summed E-state index contributed by atoms with van der Waals surface area (Å²) in [5, 5.41) is 3.59. The van der Waals surface area contributed by atoms with E-state index in [1.54, 1.807) is 7.11 Å². The van der Waals surface area contributed by atoms with Crippen molar-refractivity contribution < 1.29 is 9.53 Å². The van der Waals surface area contributed by atoms with Gasteiger partial charge in [-0.1, -0.05) is 42.3 Å². The summed E-state index contributed by atoms with van der Waals surface area (Å²) in [4.78, 5) is 25.6. The second-order valence-corrected chi connectivity index (χ2v) is 9.08. The highest BCUT2D eigenvalue weighted by Crippen LogP contribution is 2.34. The van der Waals surface area contributed by atoms with Crippen molar-refractivity contribution in [2.75, 3.05) is 12.4 Å². The Morgan fingerprint density at radius 1 is 1.15 bits per heavy atom. The Morgan fingerprint density at radius 3 is 2.59 bits per heavy atom. The predicted octanol–water partition coefficient (Wildman–Crippen LogP) is 5.27. The number of benzene rings is 2. The van der Waals surface area contributed by atoms with Crippen molar-refractivity contribution in [3.63, 3.8) is 0 Å². The number of anilines is 1. The van der Waals surface area contributed by atoms with Crippen LogP contribution in [0.3, 0.4) is 0 Å². The summed E-state index contributed by atoms with van der Waals surface area (Å²) < 4.78 is 7.47. The first-order valence-corrected chi connectivity index (χ1v) is 11.8. The second kappa shape index (κ2) is 9.25. The van der Waals surface area contributed by atoms with Gasteiger partial charge in [0.25, 0.3) is 0 Å². The fourth-order valence-electron chi connectivity index (χ4n) is 4.55. The number of hydrogen-bond acceptors (Lipinski definition) is 6. The Morgan fingerprint density at radius 2 is 1.94 bits per heavy atom. The summed E-state index contributed by atoms with van der Waals surface area (Å²) >= 11 is 0. The molecule has 1 fully saturated rings. The SMILES string of the molecule is COc1ccc(Cn2c(-c3cccc(C)c3)nc3nc(C=O)nc(N[C@H](C)C4CCC4)c32)cc1. The van der Waals surface area contributed by atoms with Gasteiger partial charge in [0, 0.05) is 18.2 Å². The molecule has 2 aromatic carbocycles. The first-order chi connectivity index (χ1) is 16.6. The van der Waals surface area contributed by atoms with Crippen molar-refractivity contribution in [2.45, 2.75) is 45.7 Å². The van der Waals surface area contributed by atoms with Gasteiger partial charge in [-0.2, -0.15) is 0 Å². The molecule has 0 amide bonds. The normalized spacial score (nSPS) is 14.6. The van der Waals surface area contributed by atoms with Gasteiger partial charge in [0.05, 0.1) is 7.11 Å². The van der Waals surface area contributed by atoms with Gasteiger partial charge in [0.1, 0.15) is 17.1 Å². The largest absolute Gasteiger partial charge is 0.497 e. The maximum absolute atomic E-state index is 11.6. The van der Waals surface area contributed by atoms with E-state index in [0.29, 0.717) is 30.2 Å². The molecule has 1 aliphatic carbocycles. The van der Waals surface area contributed by atoms with Crippen LogP contribution in [0.5, 0.6) is 5.75 Å². The number of aromatic nitrogens is 4. The third-order valence-electron chi connectivity index (χ3n) is 6.72. The number of ether oxygens (including phenoxy) is 1. The number of carbonyl (C=O) groups excluding carboxylic acids is 1. The Labute approximate surface area is 199 Å². The molecular formula is C27H29N5O2. The lowest BCUT2D eigenvalue weighted by molar-refractivity contribution is 0.111. The number of imidazole rings is 1. The molecule has 1 aliphatic rings. The van der Waals surface area contributed by atoms with Gasteiger partial charge in [-0.15, -0.1) is 0 Å². The highest BCUT2D eigenvalue weighted by molar-refractivity contribution is 5.89. The minimum Gasteiger partial charge on any atom is -0.497 e. The van der Waals surface area contributed by atoms with Crippen LogP contribution in [-0.2, 0) is 6.54 Å². The minimum atomic E-state index is 0.140. The maximum Gasteiger partial charge on any atom is 0.196 e. The highest BCUT2D eigenvalue weighted by Gasteiger charge is 2.26. The summed E-state index contributed by atoms with van der Waals surface area (Å²) in [6.07, 6.45) is 4.38. The maximum atomic E-state index is 11.6. The molecular weight excluding hydrogens is 426 g/mol. The third kappa shape index (κ3) is 4.25. The molecule has 0 radical (unpaired) electrons. The van der Waals surface area contributed by atoms with Gasteiger partial charge in [-0.3, -0.25) is 4.79 Å². The number of carbonyl (C=O) groups is 1. The zero-order chi connectivity index (χ0) is 23.7. The van der Waals surface area contributed by atoms with Gasteiger partial charge in [-0.25, -0.2) is 15.0 Å². The fraction of sp³-hybridized carbons (Fsp3) is 0.333. The molecule has 7 heteroatoms. The number of aryl methyl sites for hydroxylation is 1. The minimum absolute atomic E-state index is 0.140. The summed E-state index contributed by atoms with van der Waals surface area (Å²) in [7, 11) is 1.66. The molecule has 34 heavy (non-hydrogen) atoms. The van der Waals surface area contributed by atoms with Crippen molar-refractivity contribution in [1.82, 2.24) is 19.5 Å². The number of rotatable bonds is 8. The molecule has 1 N–H and O–H groups in total. The van der Waals surface area contributed by atoms with Gasteiger partial charge in [0.2, 0.25) is 0 Å². The lowest BCUT2D eigenvalue weighted by atomic mass is 9.80. The van der Waals surface area contributed by atoms with Crippen molar-refractivity contribution in [3.8, 4) is 17.1 Å². The first-order valence-electron chi connectivity index (χ1n) is 11.8. The molecule has 0 saturated heterocycles. The van der Waals surface area contributed by atoms with Crippen molar-refractivity contribution >= 4 is 23.3 Å². The van der Waals surface area contributed by atoms with Crippen LogP contribution in [-0.4, -0.2) is 39.0 Å². The van der Waals surface area contributed by atoms with E-state index in [-0.39, 0.29) is 11.9 Å². The van der Waals surface area contributed by atoms with Gasteiger partial charge in [-0.05, 0) is 56.4 Å². The molecule has 7 nitrogen and oxygen atoms in total. The highest BCUT2D eigenvalue weighted by atomic mass is 16.5. The second-order valence-electron chi connectivity index (χ2n) is 9.08. The van der Waals surface area contributed by atoms with Crippen molar-refractivity contribution in [1.29, 1.82) is 0 Å². The molecule has 0 aliphatic heterocycles. The summed E-state index contributed by atoms with van der Waals surface area (Å²) in [5.74, 6) is 3.02. The van der Waals surface area contributed by atoms with E-state index in [4.69, 9.17) is 9.72 Å². The summed E-state index contributed by atoms with van der Waals surface area (Å²) in [6, 6.07) is 16.5. The lowest BCUT2D eigenvalue weighted by Crippen LogP contribution is -2.31. The number of methoxy groups -OCH3 is 1. The number of nitrogens with zero attached hydrogens (tertiary/aromatic N) is 4. The quantitative estimate of drug-likeness (QED) is 0.365. The Balaban J connectivity index is 1.68. The van der Waals surface area contributed by atoms with Gasteiger partial charge in [0.15, 0.2) is 23.6 Å². The average Bonchev–Trinajstić information content (AvgIpc) is 3.16. The van der Waals surface area contributed by atoms with E-state index in [2.05, 4.69) is 64.0 Å². The summed E-state index contributed by atoms with van der Waals surface area (Å²) in [6.45, 7) is 4.83. The van der Waals surface area contributed by atoms with Crippen LogP contribution in [0, 0.1) is 12.8 Å². The van der Waals surface area contributed by atoms with Crippen LogP contribution >= 0.6 is 0 Å². The molecule has 4 aromatic rings. The van der Waals surface area contributed by atoms with Crippen LogP contribution < -0.4 is 10.1 Å². The molecule has 1 atom stereocenters. The van der Waals surface area contributed by atoms with Crippen LogP contribution in [0.4, 0.5) is 5.82 Å². The standard InChI is InChI=1S/C27H29N5O2/c1-17-6-4-9-21(14-17)27-31-26-24(32(27)15-19-10-12-22(34-3)13-11-19)25(29-23(16-33)30-26)28-18(2)20-7-5-8-20/h4,6,9-14,16,18,20H,5,7-8,15H2,1-3H3,(H,28,29,30)/t18-/m1/s1.